The highest BCUT2D eigenvalue weighted by molar-refractivity contribution is 9.10. The molecule has 29 heavy (non-hydrogen) atoms. The Kier molecular flexibility index (Phi) is 7.41. The summed E-state index contributed by atoms with van der Waals surface area (Å²) >= 11 is 3.48. The van der Waals surface area contributed by atoms with E-state index in [2.05, 4.69) is 37.8 Å². The number of hydrogen-bond donors (Lipinski definition) is 0. The molecule has 6 nitrogen and oxygen atoms in total. The van der Waals surface area contributed by atoms with Gasteiger partial charge in [-0.1, -0.05) is 12.1 Å². The van der Waals surface area contributed by atoms with Crippen molar-refractivity contribution in [2.45, 2.75) is 0 Å². The number of hydrogen-bond acceptors (Lipinski definition) is 6. The number of carbonyl (C=O) groups excluding carboxylic acids is 1. The molecule has 154 valence electrons. The van der Waals surface area contributed by atoms with E-state index in [4.69, 9.17) is 9.47 Å². The largest absolute Gasteiger partial charge is 0.496 e. The third kappa shape index (κ3) is 5.65. The molecule has 0 aliphatic carbocycles. The second-order valence-corrected chi connectivity index (χ2v) is 7.89. The molecule has 0 amide bonds. The van der Waals surface area contributed by atoms with Crippen LogP contribution in [0.25, 0.3) is 0 Å². The van der Waals surface area contributed by atoms with E-state index in [9.17, 15) is 4.79 Å². The van der Waals surface area contributed by atoms with Gasteiger partial charge in [0.05, 0.1) is 30.9 Å². The molecule has 1 saturated heterocycles. The number of carbonyl (C=O) groups is 1. The first-order valence-corrected chi connectivity index (χ1v) is 10.3. The van der Waals surface area contributed by atoms with Gasteiger partial charge in [0.25, 0.3) is 0 Å². The predicted octanol–water partition coefficient (Wildman–Crippen LogP) is 3.65. The quantitative estimate of drug-likeness (QED) is 0.467. The van der Waals surface area contributed by atoms with Crippen molar-refractivity contribution in [1.29, 1.82) is 0 Å². The van der Waals surface area contributed by atoms with Crippen LogP contribution in [0, 0.1) is 0 Å². The van der Waals surface area contributed by atoms with Gasteiger partial charge in [-0.3, -0.25) is 14.7 Å². The summed E-state index contributed by atoms with van der Waals surface area (Å²) in [7, 11) is 5.33. The van der Waals surface area contributed by atoms with Crippen molar-refractivity contribution < 1.29 is 14.3 Å². The van der Waals surface area contributed by atoms with Gasteiger partial charge in [-0.2, -0.15) is 0 Å². The lowest BCUT2D eigenvalue weighted by Gasteiger charge is -2.31. The van der Waals surface area contributed by atoms with Crippen LogP contribution in [0.15, 0.2) is 45.9 Å². The highest BCUT2D eigenvalue weighted by atomic mass is 79.9. The molecule has 0 spiro atoms. The van der Waals surface area contributed by atoms with Crippen LogP contribution in [0.4, 0.5) is 5.69 Å². The van der Waals surface area contributed by atoms with Crippen molar-refractivity contribution in [3.05, 3.63) is 52.0 Å². The highest BCUT2D eigenvalue weighted by Crippen LogP contribution is 2.32. The van der Waals surface area contributed by atoms with Crippen LogP contribution in [-0.4, -0.2) is 75.8 Å². The molecule has 2 aromatic rings. The maximum atomic E-state index is 12.7. The van der Waals surface area contributed by atoms with Gasteiger partial charge < -0.3 is 14.4 Å². The lowest BCUT2D eigenvalue weighted by molar-refractivity contribution is 0.0876. The summed E-state index contributed by atoms with van der Waals surface area (Å²) in [5.74, 6) is 1.47. The first kappa shape index (κ1) is 21.5. The van der Waals surface area contributed by atoms with Crippen LogP contribution in [0.3, 0.4) is 0 Å². The highest BCUT2D eigenvalue weighted by Gasteiger charge is 2.17. The fourth-order valence-electron chi connectivity index (χ4n) is 3.19. The standard InChI is InChI=1S/C22H26BrN3O3/c1-25-7-9-26(10-8-25)15-20(27)16-5-4-6-18(11-16)24-14-17-12-19(23)22(29-3)13-21(17)28-2/h4-6,11-14H,7-10,15H2,1-3H3. The van der Waals surface area contributed by atoms with Gasteiger partial charge in [0.1, 0.15) is 11.5 Å². The molecule has 1 aliphatic rings. The van der Waals surface area contributed by atoms with Gasteiger partial charge in [-0.25, -0.2) is 0 Å². The fraction of sp³-hybridized carbons (Fsp3) is 0.364. The number of ketones is 1. The molecule has 1 aliphatic heterocycles. The Morgan fingerprint density at radius 1 is 1.10 bits per heavy atom. The van der Waals surface area contributed by atoms with Crippen molar-refractivity contribution >= 4 is 33.6 Å². The number of nitrogens with zero attached hydrogens (tertiary/aromatic N) is 3. The minimum Gasteiger partial charge on any atom is -0.496 e. The topological polar surface area (TPSA) is 54.4 Å². The lowest BCUT2D eigenvalue weighted by Crippen LogP contribution is -2.46. The van der Waals surface area contributed by atoms with Crippen LogP contribution in [-0.2, 0) is 0 Å². The van der Waals surface area contributed by atoms with Gasteiger partial charge in [-0.05, 0) is 41.2 Å². The Bertz CT molecular complexity index is 893. The maximum Gasteiger partial charge on any atom is 0.176 e. The van der Waals surface area contributed by atoms with Crippen molar-refractivity contribution in [3.8, 4) is 11.5 Å². The maximum absolute atomic E-state index is 12.7. The van der Waals surface area contributed by atoms with Crippen LogP contribution in [0.2, 0.25) is 0 Å². The SMILES string of the molecule is COc1cc(OC)c(C=Nc2cccc(C(=O)CN3CCN(C)CC3)c2)cc1Br. The fourth-order valence-corrected chi connectivity index (χ4v) is 3.71. The number of Topliss-reactive ketones (excluding diaryl/α,β-unsaturated/α-hetero) is 1. The Labute approximate surface area is 180 Å². The van der Waals surface area contributed by atoms with Crippen molar-refractivity contribution in [1.82, 2.24) is 9.80 Å². The van der Waals surface area contributed by atoms with Gasteiger partial charge >= 0.3 is 0 Å². The number of likely N-dealkylation sites (N-methyl/N-ethyl adjacent to an activating group) is 1. The zero-order valence-electron chi connectivity index (χ0n) is 17.0. The minimum absolute atomic E-state index is 0.122. The van der Waals surface area contributed by atoms with Crippen molar-refractivity contribution in [2.75, 3.05) is 54.0 Å². The number of rotatable bonds is 7. The van der Waals surface area contributed by atoms with Gasteiger partial charge in [0, 0.05) is 49.6 Å². The normalized spacial score (nSPS) is 15.6. The average molecular weight is 460 g/mol. The van der Waals surface area contributed by atoms with E-state index < -0.39 is 0 Å². The predicted molar refractivity (Wildman–Crippen MR) is 119 cm³/mol. The van der Waals surface area contributed by atoms with Gasteiger partial charge in [0.2, 0.25) is 0 Å². The van der Waals surface area contributed by atoms with E-state index in [1.54, 1.807) is 26.5 Å². The van der Waals surface area contributed by atoms with Crippen LogP contribution < -0.4 is 9.47 Å². The summed E-state index contributed by atoms with van der Waals surface area (Å²) in [4.78, 5) is 21.7. The van der Waals surface area contributed by atoms with E-state index >= 15 is 0 Å². The van der Waals surface area contributed by atoms with E-state index in [0.717, 1.165) is 41.9 Å². The van der Waals surface area contributed by atoms with Crippen LogP contribution >= 0.6 is 15.9 Å². The third-order valence-corrected chi connectivity index (χ3v) is 5.61. The number of piperazine rings is 1. The second-order valence-electron chi connectivity index (χ2n) is 7.04. The molecular formula is C22H26BrN3O3. The van der Waals surface area contributed by atoms with E-state index in [1.165, 1.54) is 0 Å². The molecule has 0 atom stereocenters. The van der Waals surface area contributed by atoms with E-state index in [1.807, 2.05) is 30.3 Å². The molecule has 3 rings (SSSR count). The first-order chi connectivity index (χ1) is 14.0. The summed E-state index contributed by atoms with van der Waals surface area (Å²) in [6, 6.07) is 11.1. The summed E-state index contributed by atoms with van der Waals surface area (Å²) in [6.07, 6.45) is 1.73. The number of aliphatic imine (C=N–C) groups is 1. The molecule has 2 aromatic carbocycles. The zero-order chi connectivity index (χ0) is 20.8. The Hall–Kier alpha value is -2.22. The molecule has 0 unspecified atom stereocenters. The zero-order valence-corrected chi connectivity index (χ0v) is 18.6. The van der Waals surface area contributed by atoms with Crippen molar-refractivity contribution in [3.63, 3.8) is 0 Å². The summed E-state index contributed by atoms with van der Waals surface area (Å²) in [5, 5.41) is 0. The first-order valence-electron chi connectivity index (χ1n) is 9.50. The van der Waals surface area contributed by atoms with Gasteiger partial charge in [0.15, 0.2) is 5.78 Å². The van der Waals surface area contributed by atoms with Crippen LogP contribution in [0.5, 0.6) is 11.5 Å². The summed E-state index contributed by atoms with van der Waals surface area (Å²) in [6.45, 7) is 4.28. The number of benzene rings is 2. The molecule has 0 saturated carbocycles. The average Bonchev–Trinajstić information content (AvgIpc) is 2.74. The summed E-state index contributed by atoms with van der Waals surface area (Å²) < 4.78 is 11.5. The molecule has 7 heteroatoms. The Morgan fingerprint density at radius 3 is 2.52 bits per heavy atom. The summed E-state index contributed by atoms with van der Waals surface area (Å²) in [5.41, 5.74) is 2.22. The minimum atomic E-state index is 0.122. The molecule has 0 N–H and O–H groups in total. The Morgan fingerprint density at radius 2 is 1.83 bits per heavy atom. The van der Waals surface area contributed by atoms with Crippen LogP contribution in [0.1, 0.15) is 15.9 Å². The lowest BCUT2D eigenvalue weighted by atomic mass is 10.1. The molecule has 0 radical (unpaired) electrons. The number of methoxy groups -OCH3 is 2. The smallest absolute Gasteiger partial charge is 0.176 e. The molecule has 1 fully saturated rings. The monoisotopic (exact) mass is 459 g/mol. The third-order valence-electron chi connectivity index (χ3n) is 4.99. The van der Waals surface area contributed by atoms with E-state index in [-0.39, 0.29) is 5.78 Å². The number of ether oxygens (including phenoxy) is 2. The molecule has 0 bridgehead atoms. The Balaban J connectivity index is 1.73. The second kappa shape index (κ2) is 10.0. The molecule has 0 aromatic heterocycles. The number of halogens is 1. The van der Waals surface area contributed by atoms with Crippen molar-refractivity contribution in [2.24, 2.45) is 4.99 Å². The molecule has 1 heterocycles. The van der Waals surface area contributed by atoms with E-state index in [0.29, 0.717) is 23.6 Å². The molecular weight excluding hydrogens is 434 g/mol. The van der Waals surface area contributed by atoms with Gasteiger partial charge in [-0.15, -0.1) is 0 Å².